The van der Waals surface area contributed by atoms with Crippen LogP contribution in [0.25, 0.3) is 0 Å². The van der Waals surface area contributed by atoms with Gasteiger partial charge in [-0.2, -0.15) is 0 Å². The van der Waals surface area contributed by atoms with Gasteiger partial charge < -0.3 is 4.90 Å². The van der Waals surface area contributed by atoms with Crippen LogP contribution in [0.2, 0.25) is 0 Å². The first-order chi connectivity index (χ1) is 6.35. The number of hydrogen-bond acceptors (Lipinski definition) is 1. The third-order valence-corrected chi connectivity index (χ3v) is 4.35. The van der Waals surface area contributed by atoms with Gasteiger partial charge in [-0.15, -0.1) is 0 Å². The Hall–Kier alpha value is 0.440. The molecule has 76 valence electrons. The highest BCUT2D eigenvalue weighted by molar-refractivity contribution is 9.09. The number of alkyl halides is 1. The molecule has 2 heteroatoms. The van der Waals surface area contributed by atoms with Gasteiger partial charge >= 0.3 is 0 Å². The van der Waals surface area contributed by atoms with E-state index in [0.29, 0.717) is 0 Å². The zero-order valence-electron chi connectivity index (χ0n) is 8.40. The predicted molar refractivity (Wildman–Crippen MR) is 60.4 cm³/mol. The van der Waals surface area contributed by atoms with Crippen LogP contribution >= 0.6 is 15.9 Å². The summed E-state index contributed by atoms with van der Waals surface area (Å²) in [6.07, 6.45) is 8.81. The van der Waals surface area contributed by atoms with Crippen molar-refractivity contribution in [1.29, 1.82) is 0 Å². The van der Waals surface area contributed by atoms with Crippen LogP contribution in [0, 0.1) is 5.41 Å². The first kappa shape index (κ1) is 9.97. The molecule has 0 unspecified atom stereocenters. The Labute approximate surface area is 90.0 Å². The second kappa shape index (κ2) is 4.31. The third kappa shape index (κ3) is 2.27. The molecule has 0 N–H and O–H groups in total. The molecule has 0 radical (unpaired) electrons. The van der Waals surface area contributed by atoms with E-state index in [9.17, 15) is 0 Å². The summed E-state index contributed by atoms with van der Waals surface area (Å²) < 4.78 is 0. The molecule has 0 aromatic carbocycles. The average Bonchev–Trinajstić information content (AvgIpc) is 2.74. The minimum absolute atomic E-state index is 0.770. The molecule has 1 heterocycles. The summed E-state index contributed by atoms with van der Waals surface area (Å²) in [6, 6.07) is 0. The summed E-state index contributed by atoms with van der Waals surface area (Å²) in [5.74, 6) is 0. The van der Waals surface area contributed by atoms with Crippen molar-refractivity contribution in [1.82, 2.24) is 4.90 Å². The fraction of sp³-hybridized carbons (Fsp3) is 1.00. The van der Waals surface area contributed by atoms with Gasteiger partial charge in [0, 0.05) is 11.9 Å². The second-order valence-corrected chi connectivity index (χ2v) is 5.57. The molecule has 2 aliphatic rings. The molecular formula is C11H20BrN. The van der Waals surface area contributed by atoms with Gasteiger partial charge in [-0.3, -0.25) is 0 Å². The van der Waals surface area contributed by atoms with Gasteiger partial charge in [0.25, 0.3) is 0 Å². The van der Waals surface area contributed by atoms with Crippen LogP contribution in [-0.2, 0) is 0 Å². The van der Waals surface area contributed by atoms with E-state index in [1.807, 2.05) is 0 Å². The van der Waals surface area contributed by atoms with Crippen LogP contribution in [0.3, 0.4) is 0 Å². The standard InChI is InChI=1S/C11H20BrN/c12-7-3-8-13-9-6-11(10-13)4-1-2-5-11/h1-10H2. The van der Waals surface area contributed by atoms with Crippen LogP contribution in [0.15, 0.2) is 0 Å². The molecule has 1 aliphatic heterocycles. The highest BCUT2D eigenvalue weighted by Gasteiger charge is 2.39. The van der Waals surface area contributed by atoms with E-state index in [2.05, 4.69) is 20.8 Å². The number of nitrogens with zero attached hydrogens (tertiary/aromatic N) is 1. The summed E-state index contributed by atoms with van der Waals surface area (Å²) >= 11 is 3.51. The SMILES string of the molecule is BrCCCN1CCC2(CCCC2)C1. The zero-order chi connectivity index (χ0) is 9.15. The van der Waals surface area contributed by atoms with Crippen molar-refractivity contribution in [3.63, 3.8) is 0 Å². The van der Waals surface area contributed by atoms with Crippen molar-refractivity contribution in [2.45, 2.75) is 38.5 Å². The fourth-order valence-corrected chi connectivity index (χ4v) is 3.29. The molecule has 1 aliphatic carbocycles. The lowest BCUT2D eigenvalue weighted by atomic mass is 9.86. The number of rotatable bonds is 3. The Morgan fingerprint density at radius 2 is 1.92 bits per heavy atom. The van der Waals surface area contributed by atoms with E-state index in [1.54, 1.807) is 0 Å². The quantitative estimate of drug-likeness (QED) is 0.692. The van der Waals surface area contributed by atoms with Gasteiger partial charge in [-0.05, 0) is 44.2 Å². The lowest BCUT2D eigenvalue weighted by Gasteiger charge is -2.23. The molecule has 13 heavy (non-hydrogen) atoms. The van der Waals surface area contributed by atoms with Gasteiger partial charge in [0.1, 0.15) is 0 Å². The fourth-order valence-electron chi connectivity index (χ4n) is 3.04. The summed E-state index contributed by atoms with van der Waals surface area (Å²) in [4.78, 5) is 2.67. The van der Waals surface area contributed by atoms with Crippen molar-refractivity contribution >= 4 is 15.9 Å². The second-order valence-electron chi connectivity index (χ2n) is 4.78. The van der Waals surface area contributed by atoms with Gasteiger partial charge in [0.15, 0.2) is 0 Å². The van der Waals surface area contributed by atoms with Gasteiger partial charge in [-0.1, -0.05) is 28.8 Å². The summed E-state index contributed by atoms with van der Waals surface area (Å²) in [5, 5.41) is 1.16. The molecule has 1 saturated carbocycles. The van der Waals surface area contributed by atoms with Crippen LogP contribution < -0.4 is 0 Å². The summed E-state index contributed by atoms with van der Waals surface area (Å²) in [5.41, 5.74) is 0.770. The molecule has 1 saturated heterocycles. The summed E-state index contributed by atoms with van der Waals surface area (Å²) in [6.45, 7) is 4.08. The molecule has 2 rings (SSSR count). The van der Waals surface area contributed by atoms with Crippen molar-refractivity contribution in [3.05, 3.63) is 0 Å². The van der Waals surface area contributed by atoms with Gasteiger partial charge in [0.05, 0.1) is 0 Å². The Morgan fingerprint density at radius 1 is 1.15 bits per heavy atom. The van der Waals surface area contributed by atoms with E-state index in [1.165, 1.54) is 58.2 Å². The van der Waals surface area contributed by atoms with E-state index in [4.69, 9.17) is 0 Å². The lowest BCUT2D eigenvalue weighted by molar-refractivity contribution is 0.262. The average molecular weight is 246 g/mol. The van der Waals surface area contributed by atoms with E-state index in [-0.39, 0.29) is 0 Å². The van der Waals surface area contributed by atoms with Gasteiger partial charge in [0.2, 0.25) is 0 Å². The van der Waals surface area contributed by atoms with Crippen molar-refractivity contribution < 1.29 is 0 Å². The van der Waals surface area contributed by atoms with E-state index >= 15 is 0 Å². The Bertz CT molecular complexity index is 163. The molecule has 1 nitrogen and oxygen atoms in total. The Kier molecular flexibility index (Phi) is 3.31. The largest absolute Gasteiger partial charge is 0.303 e. The van der Waals surface area contributed by atoms with Crippen LogP contribution in [0.4, 0.5) is 0 Å². The van der Waals surface area contributed by atoms with Crippen LogP contribution in [0.1, 0.15) is 38.5 Å². The minimum atomic E-state index is 0.770. The minimum Gasteiger partial charge on any atom is -0.303 e. The smallest absolute Gasteiger partial charge is 0.00434 e. The lowest BCUT2D eigenvalue weighted by Crippen LogP contribution is -2.26. The topological polar surface area (TPSA) is 3.24 Å². The molecule has 0 bridgehead atoms. The molecular weight excluding hydrogens is 226 g/mol. The first-order valence-electron chi connectivity index (χ1n) is 5.63. The summed E-state index contributed by atoms with van der Waals surface area (Å²) in [7, 11) is 0. The first-order valence-corrected chi connectivity index (χ1v) is 6.75. The number of hydrogen-bond donors (Lipinski definition) is 0. The van der Waals surface area contributed by atoms with E-state index < -0.39 is 0 Å². The van der Waals surface area contributed by atoms with Crippen LogP contribution in [0.5, 0.6) is 0 Å². The van der Waals surface area contributed by atoms with E-state index in [0.717, 1.165) is 10.7 Å². The zero-order valence-corrected chi connectivity index (χ0v) is 9.98. The number of likely N-dealkylation sites (tertiary alicyclic amines) is 1. The molecule has 0 aromatic rings. The molecule has 0 atom stereocenters. The van der Waals surface area contributed by atoms with Crippen molar-refractivity contribution in [2.24, 2.45) is 5.41 Å². The maximum absolute atomic E-state index is 3.51. The van der Waals surface area contributed by atoms with Crippen LogP contribution in [-0.4, -0.2) is 29.9 Å². The monoisotopic (exact) mass is 245 g/mol. The molecule has 2 fully saturated rings. The highest BCUT2D eigenvalue weighted by atomic mass is 79.9. The molecule has 0 aromatic heterocycles. The van der Waals surface area contributed by atoms with Gasteiger partial charge in [-0.25, -0.2) is 0 Å². The maximum atomic E-state index is 3.51. The van der Waals surface area contributed by atoms with Crippen molar-refractivity contribution in [2.75, 3.05) is 25.0 Å². The maximum Gasteiger partial charge on any atom is 0.00434 e. The highest BCUT2D eigenvalue weighted by Crippen LogP contribution is 2.45. The Morgan fingerprint density at radius 3 is 2.62 bits per heavy atom. The molecule has 1 spiro atoms. The predicted octanol–water partition coefficient (Wildman–Crippen LogP) is 3.04. The Balaban J connectivity index is 1.79. The van der Waals surface area contributed by atoms with Crippen molar-refractivity contribution in [3.8, 4) is 0 Å². The normalized spacial score (nSPS) is 27.5. The molecule has 0 amide bonds. The number of halogens is 1. The third-order valence-electron chi connectivity index (χ3n) is 3.79.